The third-order valence-electron chi connectivity index (χ3n) is 6.01. The molecular formula is C23H31N5O2. The molecule has 1 atom stereocenters. The van der Waals surface area contributed by atoms with Crippen LogP contribution in [0.5, 0.6) is 0 Å². The molecule has 7 nitrogen and oxygen atoms in total. The van der Waals surface area contributed by atoms with Crippen LogP contribution in [0.25, 0.3) is 21.9 Å². The molecule has 4 rings (SSSR count). The Bertz CT molecular complexity index is 965. The highest BCUT2D eigenvalue weighted by atomic mass is 16.5. The van der Waals surface area contributed by atoms with Crippen molar-refractivity contribution < 1.29 is 9.84 Å². The van der Waals surface area contributed by atoms with Crippen molar-refractivity contribution in [3.05, 3.63) is 42.9 Å². The molecule has 1 aromatic carbocycles. The SMILES string of the molecule is COCCNC1CCC(C(O)Nc2cc3cc(-c4cnn(C)c4)ccc3cn2)CC1. The van der Waals surface area contributed by atoms with E-state index < -0.39 is 6.23 Å². The number of ether oxygens (including phenoxy) is 1. The maximum Gasteiger partial charge on any atom is 0.128 e. The number of hydrogen-bond acceptors (Lipinski definition) is 6. The molecule has 1 fully saturated rings. The van der Waals surface area contributed by atoms with Crippen molar-refractivity contribution in [1.82, 2.24) is 20.1 Å². The molecule has 0 saturated heterocycles. The van der Waals surface area contributed by atoms with Crippen molar-refractivity contribution in [3.8, 4) is 11.1 Å². The van der Waals surface area contributed by atoms with Gasteiger partial charge in [0, 0.05) is 56.0 Å². The number of rotatable bonds is 8. The van der Waals surface area contributed by atoms with E-state index in [-0.39, 0.29) is 5.92 Å². The summed E-state index contributed by atoms with van der Waals surface area (Å²) in [5.41, 5.74) is 2.20. The average Bonchev–Trinajstić information content (AvgIpc) is 3.20. The Morgan fingerprint density at radius 1 is 1.13 bits per heavy atom. The molecule has 2 heterocycles. The summed E-state index contributed by atoms with van der Waals surface area (Å²) in [4.78, 5) is 4.50. The lowest BCUT2D eigenvalue weighted by Gasteiger charge is -2.32. The average molecular weight is 410 g/mol. The molecule has 0 amide bonds. The van der Waals surface area contributed by atoms with Gasteiger partial charge in [-0.3, -0.25) is 4.68 Å². The van der Waals surface area contributed by atoms with Gasteiger partial charge in [-0.05, 0) is 48.8 Å². The summed E-state index contributed by atoms with van der Waals surface area (Å²) in [5, 5.41) is 23.9. The fourth-order valence-electron chi connectivity index (χ4n) is 4.24. The summed E-state index contributed by atoms with van der Waals surface area (Å²) < 4.78 is 6.90. The molecule has 0 spiro atoms. The van der Waals surface area contributed by atoms with Gasteiger partial charge in [0.2, 0.25) is 0 Å². The van der Waals surface area contributed by atoms with Crippen LogP contribution in [0, 0.1) is 5.92 Å². The molecule has 2 aromatic heterocycles. The first-order chi connectivity index (χ1) is 14.6. The number of aliphatic hydroxyl groups excluding tert-OH is 1. The number of anilines is 1. The number of nitrogens with one attached hydrogen (secondary N) is 2. The van der Waals surface area contributed by atoms with Crippen molar-refractivity contribution in [3.63, 3.8) is 0 Å². The van der Waals surface area contributed by atoms with Crippen molar-refractivity contribution >= 4 is 16.6 Å². The third kappa shape index (κ3) is 4.98. The van der Waals surface area contributed by atoms with Crippen molar-refractivity contribution in [1.29, 1.82) is 0 Å². The summed E-state index contributed by atoms with van der Waals surface area (Å²) in [6.45, 7) is 1.62. The van der Waals surface area contributed by atoms with Crippen molar-refractivity contribution in [2.75, 3.05) is 25.6 Å². The Morgan fingerprint density at radius 2 is 1.97 bits per heavy atom. The Balaban J connectivity index is 1.38. The maximum absolute atomic E-state index is 10.7. The van der Waals surface area contributed by atoms with Crippen molar-refractivity contribution in [2.24, 2.45) is 13.0 Å². The van der Waals surface area contributed by atoms with E-state index in [2.05, 4.69) is 38.9 Å². The van der Waals surface area contributed by atoms with Gasteiger partial charge in [-0.2, -0.15) is 5.10 Å². The highest BCUT2D eigenvalue weighted by molar-refractivity contribution is 5.88. The molecule has 0 radical (unpaired) electrons. The zero-order valence-electron chi connectivity index (χ0n) is 17.7. The number of fused-ring (bicyclic) bond motifs is 1. The Labute approximate surface area is 177 Å². The number of aliphatic hydroxyl groups is 1. The van der Waals surface area contributed by atoms with E-state index in [9.17, 15) is 5.11 Å². The monoisotopic (exact) mass is 409 g/mol. The Kier molecular flexibility index (Phi) is 6.62. The molecule has 1 saturated carbocycles. The molecule has 1 unspecified atom stereocenters. The van der Waals surface area contributed by atoms with Gasteiger partial charge in [-0.15, -0.1) is 0 Å². The van der Waals surface area contributed by atoms with Crippen LogP contribution in [0.4, 0.5) is 5.82 Å². The first kappa shape index (κ1) is 20.8. The number of aromatic nitrogens is 3. The van der Waals surface area contributed by atoms with E-state index in [1.165, 1.54) is 0 Å². The van der Waals surface area contributed by atoms with Crippen molar-refractivity contribution in [2.45, 2.75) is 38.0 Å². The van der Waals surface area contributed by atoms with E-state index in [0.29, 0.717) is 11.9 Å². The fourth-order valence-corrected chi connectivity index (χ4v) is 4.24. The van der Waals surface area contributed by atoms with Crippen LogP contribution in [-0.4, -0.2) is 52.4 Å². The normalized spacial score (nSPS) is 20.4. The zero-order chi connectivity index (χ0) is 20.9. The number of nitrogens with zero attached hydrogens (tertiary/aromatic N) is 3. The molecule has 30 heavy (non-hydrogen) atoms. The first-order valence-electron chi connectivity index (χ1n) is 10.7. The lowest BCUT2D eigenvalue weighted by atomic mass is 9.85. The van der Waals surface area contributed by atoms with E-state index in [1.54, 1.807) is 11.8 Å². The second-order valence-electron chi connectivity index (χ2n) is 8.18. The van der Waals surface area contributed by atoms with Crippen LogP contribution in [0.15, 0.2) is 42.9 Å². The van der Waals surface area contributed by atoms with Gasteiger partial charge in [-0.25, -0.2) is 4.98 Å². The summed E-state index contributed by atoms with van der Waals surface area (Å²) in [7, 11) is 3.64. The summed E-state index contributed by atoms with van der Waals surface area (Å²) in [6.07, 6.45) is 9.29. The minimum Gasteiger partial charge on any atom is -0.383 e. The van der Waals surface area contributed by atoms with Gasteiger partial charge < -0.3 is 20.5 Å². The van der Waals surface area contributed by atoms with E-state index in [4.69, 9.17) is 4.74 Å². The van der Waals surface area contributed by atoms with Crippen LogP contribution in [-0.2, 0) is 11.8 Å². The lowest BCUT2D eigenvalue weighted by Crippen LogP contribution is -2.39. The largest absolute Gasteiger partial charge is 0.383 e. The molecule has 1 aliphatic rings. The molecule has 7 heteroatoms. The number of benzene rings is 1. The number of hydrogen-bond donors (Lipinski definition) is 3. The number of pyridine rings is 1. The summed E-state index contributed by atoms with van der Waals surface area (Å²) >= 11 is 0. The van der Waals surface area contributed by atoms with Crippen LogP contribution in [0.2, 0.25) is 0 Å². The Morgan fingerprint density at radius 3 is 2.70 bits per heavy atom. The third-order valence-corrected chi connectivity index (χ3v) is 6.01. The molecule has 1 aliphatic carbocycles. The minimum atomic E-state index is -0.587. The van der Waals surface area contributed by atoms with Crippen LogP contribution in [0.1, 0.15) is 25.7 Å². The van der Waals surface area contributed by atoms with Gasteiger partial charge in [0.1, 0.15) is 12.0 Å². The molecule has 160 valence electrons. The van der Waals surface area contributed by atoms with Gasteiger partial charge in [0.15, 0.2) is 0 Å². The second-order valence-corrected chi connectivity index (χ2v) is 8.18. The molecule has 0 bridgehead atoms. The summed E-state index contributed by atoms with van der Waals surface area (Å²) in [6, 6.07) is 8.83. The molecular weight excluding hydrogens is 378 g/mol. The van der Waals surface area contributed by atoms with E-state index in [1.807, 2.05) is 31.7 Å². The second kappa shape index (κ2) is 9.55. The topological polar surface area (TPSA) is 84.2 Å². The van der Waals surface area contributed by atoms with E-state index in [0.717, 1.165) is 60.7 Å². The summed E-state index contributed by atoms with van der Waals surface area (Å²) in [5.74, 6) is 0.948. The number of methoxy groups -OCH3 is 1. The predicted octanol–water partition coefficient (Wildman–Crippen LogP) is 3.16. The van der Waals surface area contributed by atoms with Gasteiger partial charge in [-0.1, -0.05) is 12.1 Å². The first-order valence-corrected chi connectivity index (χ1v) is 10.7. The molecule has 3 aromatic rings. The minimum absolute atomic E-state index is 0.240. The standard InChI is InChI=1S/C23H31N5O2/c1-28-15-20(14-26-28)17-3-4-18-13-25-22(12-19(18)11-17)27-23(29)16-5-7-21(8-6-16)24-9-10-30-2/h3-4,11-16,21,23-24,29H,5-10H2,1-2H3,(H,25,27). The quantitative estimate of drug-likeness (QED) is 0.392. The van der Waals surface area contributed by atoms with Crippen LogP contribution < -0.4 is 10.6 Å². The maximum atomic E-state index is 10.7. The van der Waals surface area contributed by atoms with Crippen LogP contribution in [0.3, 0.4) is 0 Å². The zero-order valence-corrected chi connectivity index (χ0v) is 17.7. The smallest absolute Gasteiger partial charge is 0.128 e. The highest BCUT2D eigenvalue weighted by Gasteiger charge is 2.26. The predicted molar refractivity (Wildman–Crippen MR) is 119 cm³/mol. The Hall–Kier alpha value is -2.48. The van der Waals surface area contributed by atoms with Gasteiger partial charge in [0.05, 0.1) is 12.8 Å². The number of aryl methyl sites for hydroxylation is 1. The van der Waals surface area contributed by atoms with Gasteiger partial charge in [0.25, 0.3) is 0 Å². The fraction of sp³-hybridized carbons (Fsp3) is 0.478. The van der Waals surface area contributed by atoms with E-state index >= 15 is 0 Å². The molecule has 0 aliphatic heterocycles. The lowest BCUT2D eigenvalue weighted by molar-refractivity contribution is 0.0988. The molecule has 3 N–H and O–H groups in total. The van der Waals surface area contributed by atoms with Crippen LogP contribution >= 0.6 is 0 Å². The highest BCUT2D eigenvalue weighted by Crippen LogP contribution is 2.29. The van der Waals surface area contributed by atoms with Gasteiger partial charge >= 0.3 is 0 Å².